The van der Waals surface area contributed by atoms with Crippen molar-refractivity contribution in [2.45, 2.75) is 38.3 Å². The topological polar surface area (TPSA) is 61.4 Å². The van der Waals surface area contributed by atoms with Crippen molar-refractivity contribution in [2.24, 2.45) is 0 Å². The molecular formula is C20H27N5O. The number of amides is 1. The van der Waals surface area contributed by atoms with E-state index < -0.39 is 0 Å². The van der Waals surface area contributed by atoms with Gasteiger partial charge in [-0.1, -0.05) is 12.1 Å². The third-order valence-electron chi connectivity index (χ3n) is 6.01. The van der Waals surface area contributed by atoms with Gasteiger partial charge in [0.1, 0.15) is 5.54 Å². The van der Waals surface area contributed by atoms with E-state index in [-0.39, 0.29) is 11.4 Å². The number of rotatable bonds is 2. The van der Waals surface area contributed by atoms with Crippen LogP contribution in [0.25, 0.3) is 11.0 Å². The lowest BCUT2D eigenvalue weighted by Gasteiger charge is -2.45. The van der Waals surface area contributed by atoms with Crippen LogP contribution in [0.2, 0.25) is 0 Å². The highest BCUT2D eigenvalue weighted by atomic mass is 16.2. The zero-order valence-electron chi connectivity index (χ0n) is 15.7. The number of carbonyl (C=O) groups excluding carboxylic acids is 1. The van der Waals surface area contributed by atoms with Crippen LogP contribution in [-0.2, 0) is 11.3 Å². The Hall–Kier alpha value is -2.05. The summed E-state index contributed by atoms with van der Waals surface area (Å²) < 4.78 is 0. The molecule has 6 nitrogen and oxygen atoms in total. The molecule has 1 spiro atoms. The smallest absolute Gasteiger partial charge is 0.240 e. The van der Waals surface area contributed by atoms with E-state index in [0.717, 1.165) is 74.4 Å². The van der Waals surface area contributed by atoms with Gasteiger partial charge in [0, 0.05) is 32.7 Å². The second kappa shape index (κ2) is 6.93. The molecule has 1 aromatic heterocycles. The first kappa shape index (κ1) is 17.4. The number of aromatic nitrogens is 2. The quantitative estimate of drug-likeness (QED) is 0.891. The van der Waals surface area contributed by atoms with E-state index in [1.165, 1.54) is 0 Å². The van der Waals surface area contributed by atoms with Crippen molar-refractivity contribution in [1.29, 1.82) is 0 Å². The first-order valence-electron chi connectivity index (χ1n) is 9.53. The summed E-state index contributed by atoms with van der Waals surface area (Å²) in [5.74, 6) is 0.207. The molecule has 2 aromatic rings. The minimum absolute atomic E-state index is 0.207. The summed E-state index contributed by atoms with van der Waals surface area (Å²) in [6.45, 7) is 6.42. The van der Waals surface area contributed by atoms with Crippen LogP contribution in [-0.4, -0.2) is 64.4 Å². The highest BCUT2D eigenvalue weighted by Gasteiger charge is 2.45. The number of nitrogens with one attached hydrogen (secondary N) is 1. The van der Waals surface area contributed by atoms with Crippen LogP contribution in [0.15, 0.2) is 24.3 Å². The number of hydrogen-bond acceptors (Lipinski definition) is 5. The van der Waals surface area contributed by atoms with Gasteiger partial charge in [0.05, 0.1) is 22.4 Å². The molecule has 1 aromatic carbocycles. The monoisotopic (exact) mass is 353 g/mol. The van der Waals surface area contributed by atoms with E-state index in [4.69, 9.17) is 9.97 Å². The lowest BCUT2D eigenvalue weighted by molar-refractivity contribution is -0.134. The molecule has 0 bridgehead atoms. The minimum Gasteiger partial charge on any atom is -0.354 e. The van der Waals surface area contributed by atoms with Crippen molar-refractivity contribution in [2.75, 3.05) is 33.2 Å². The summed E-state index contributed by atoms with van der Waals surface area (Å²) in [5, 5.41) is 3.11. The molecule has 2 aliphatic heterocycles. The zero-order chi connectivity index (χ0) is 18.1. The highest BCUT2D eigenvalue weighted by molar-refractivity contribution is 5.86. The summed E-state index contributed by atoms with van der Waals surface area (Å²) in [6.07, 6.45) is 2.77. The number of aryl methyl sites for hydroxylation is 1. The fourth-order valence-electron chi connectivity index (χ4n) is 4.25. The molecule has 0 aliphatic carbocycles. The normalized spacial score (nSPS) is 21.7. The number of likely N-dealkylation sites (tertiary alicyclic amines) is 1. The van der Waals surface area contributed by atoms with E-state index >= 15 is 0 Å². The second-order valence-electron chi connectivity index (χ2n) is 7.58. The molecule has 3 heterocycles. The van der Waals surface area contributed by atoms with Crippen molar-refractivity contribution in [1.82, 2.24) is 25.1 Å². The number of carbonyl (C=O) groups is 1. The van der Waals surface area contributed by atoms with Crippen LogP contribution in [0.5, 0.6) is 0 Å². The third kappa shape index (κ3) is 3.08. The number of para-hydroxylation sites is 2. The highest BCUT2D eigenvalue weighted by Crippen LogP contribution is 2.30. The molecule has 0 atom stereocenters. The van der Waals surface area contributed by atoms with Crippen LogP contribution >= 0.6 is 0 Å². The predicted octanol–water partition coefficient (Wildman–Crippen LogP) is 1.72. The van der Waals surface area contributed by atoms with Crippen LogP contribution in [0.3, 0.4) is 0 Å². The maximum Gasteiger partial charge on any atom is 0.240 e. The standard InChI is InChI=1S/C20H27N5O/c1-15-18(23-17-7-4-3-6-16(17)22-15)14-25-12-8-20(9-13-25)19(26)21-10-5-11-24(20)2/h3-4,6-7H,5,8-14H2,1-2H3,(H,21,26). The van der Waals surface area contributed by atoms with Crippen molar-refractivity contribution < 1.29 is 4.79 Å². The number of hydrogen-bond donors (Lipinski definition) is 1. The molecule has 0 unspecified atom stereocenters. The number of likely N-dealkylation sites (N-methyl/N-ethyl adjacent to an activating group) is 1. The predicted molar refractivity (Wildman–Crippen MR) is 102 cm³/mol. The number of nitrogens with zero attached hydrogens (tertiary/aromatic N) is 4. The van der Waals surface area contributed by atoms with E-state index in [0.29, 0.717) is 0 Å². The summed E-state index contributed by atoms with van der Waals surface area (Å²) in [4.78, 5) is 26.9. The van der Waals surface area contributed by atoms with Gasteiger partial charge in [-0.05, 0) is 45.4 Å². The van der Waals surface area contributed by atoms with Crippen LogP contribution in [0.4, 0.5) is 0 Å². The number of benzene rings is 1. The average molecular weight is 353 g/mol. The van der Waals surface area contributed by atoms with Gasteiger partial charge in [-0.15, -0.1) is 0 Å². The van der Waals surface area contributed by atoms with Crippen molar-refractivity contribution in [3.63, 3.8) is 0 Å². The van der Waals surface area contributed by atoms with Gasteiger partial charge in [0.25, 0.3) is 0 Å². The largest absolute Gasteiger partial charge is 0.354 e. The summed E-state index contributed by atoms with van der Waals surface area (Å²) in [6, 6.07) is 8.02. The summed E-state index contributed by atoms with van der Waals surface area (Å²) >= 11 is 0. The van der Waals surface area contributed by atoms with Crippen LogP contribution in [0, 0.1) is 6.92 Å². The minimum atomic E-state index is -0.336. The first-order valence-corrected chi connectivity index (χ1v) is 9.53. The fourth-order valence-corrected chi connectivity index (χ4v) is 4.25. The summed E-state index contributed by atoms with van der Waals surface area (Å²) in [5.41, 5.74) is 3.59. The van der Waals surface area contributed by atoms with Crippen molar-refractivity contribution >= 4 is 16.9 Å². The second-order valence-corrected chi connectivity index (χ2v) is 7.58. The Labute approximate surface area is 154 Å². The Morgan fingerprint density at radius 2 is 1.81 bits per heavy atom. The maximum atomic E-state index is 12.7. The Bertz CT molecular complexity index is 813. The SMILES string of the molecule is Cc1nc2ccccc2nc1CN1CCC2(CC1)C(=O)NCCCN2C. The van der Waals surface area contributed by atoms with Gasteiger partial charge in [-0.3, -0.25) is 14.6 Å². The molecular weight excluding hydrogens is 326 g/mol. The summed E-state index contributed by atoms with van der Waals surface area (Å²) in [7, 11) is 2.10. The molecule has 6 heteroatoms. The van der Waals surface area contributed by atoms with E-state index in [1.54, 1.807) is 0 Å². The lowest BCUT2D eigenvalue weighted by Crippen LogP contribution is -2.60. The van der Waals surface area contributed by atoms with Gasteiger partial charge < -0.3 is 5.32 Å². The van der Waals surface area contributed by atoms with Gasteiger partial charge in [-0.25, -0.2) is 9.97 Å². The van der Waals surface area contributed by atoms with Crippen LogP contribution < -0.4 is 5.32 Å². The Morgan fingerprint density at radius 3 is 2.54 bits per heavy atom. The van der Waals surface area contributed by atoms with E-state index in [2.05, 4.69) is 22.2 Å². The first-order chi connectivity index (χ1) is 12.6. The van der Waals surface area contributed by atoms with E-state index in [1.807, 2.05) is 31.2 Å². The van der Waals surface area contributed by atoms with Gasteiger partial charge >= 0.3 is 0 Å². The van der Waals surface area contributed by atoms with Gasteiger partial charge in [0.2, 0.25) is 5.91 Å². The van der Waals surface area contributed by atoms with Gasteiger partial charge in [-0.2, -0.15) is 0 Å². The van der Waals surface area contributed by atoms with Crippen molar-refractivity contribution in [3.05, 3.63) is 35.7 Å². The molecule has 0 radical (unpaired) electrons. The Kier molecular flexibility index (Phi) is 4.63. The van der Waals surface area contributed by atoms with Crippen LogP contribution in [0.1, 0.15) is 30.7 Å². The molecule has 0 saturated carbocycles. The number of fused-ring (bicyclic) bond motifs is 1. The fraction of sp³-hybridized carbons (Fsp3) is 0.550. The molecule has 2 fully saturated rings. The average Bonchev–Trinajstić information content (AvgIpc) is 2.78. The number of piperidine rings is 1. The molecule has 26 heavy (non-hydrogen) atoms. The molecule has 4 rings (SSSR count). The maximum absolute atomic E-state index is 12.7. The molecule has 138 valence electrons. The lowest BCUT2D eigenvalue weighted by atomic mass is 9.85. The van der Waals surface area contributed by atoms with Crippen molar-refractivity contribution in [3.8, 4) is 0 Å². The Morgan fingerprint density at radius 1 is 1.12 bits per heavy atom. The third-order valence-corrected chi connectivity index (χ3v) is 6.01. The molecule has 1 N–H and O–H groups in total. The zero-order valence-corrected chi connectivity index (χ0v) is 15.7. The van der Waals surface area contributed by atoms with E-state index in [9.17, 15) is 4.79 Å². The molecule has 1 amide bonds. The molecule has 2 aliphatic rings. The Balaban J connectivity index is 1.49. The van der Waals surface area contributed by atoms with Gasteiger partial charge in [0.15, 0.2) is 0 Å². The molecule has 2 saturated heterocycles.